The fourth-order valence-corrected chi connectivity index (χ4v) is 3.77. The lowest BCUT2D eigenvalue weighted by Crippen LogP contribution is -2.43. The molecule has 1 saturated carbocycles. The van der Waals surface area contributed by atoms with Gasteiger partial charge < -0.3 is 15.2 Å². The summed E-state index contributed by atoms with van der Waals surface area (Å²) in [5, 5.41) is 19.8. The van der Waals surface area contributed by atoms with Crippen molar-refractivity contribution in [3.05, 3.63) is 28.4 Å². The van der Waals surface area contributed by atoms with Gasteiger partial charge in [0.1, 0.15) is 4.90 Å². The van der Waals surface area contributed by atoms with Gasteiger partial charge >= 0.3 is 5.82 Å². The summed E-state index contributed by atoms with van der Waals surface area (Å²) in [6, 6.07) is 1.90. The Morgan fingerprint density at radius 1 is 1.38 bits per heavy atom. The first kappa shape index (κ1) is 15.8. The molecule has 0 spiro atoms. The number of hydrogen-bond acceptors (Lipinski definition) is 6. The van der Waals surface area contributed by atoms with E-state index in [1.165, 1.54) is 0 Å². The van der Waals surface area contributed by atoms with Crippen LogP contribution in [0.25, 0.3) is 0 Å². The quantitative estimate of drug-likeness (QED) is 0.612. The van der Waals surface area contributed by atoms with E-state index >= 15 is 0 Å². The molecule has 8 nitrogen and oxygen atoms in total. The SMILES string of the molecule is O=[N+]([O-])c1ccc(S(=O)(=O)NC2CCCCC2CO)cn1. The van der Waals surface area contributed by atoms with E-state index in [1.807, 2.05) is 0 Å². The van der Waals surface area contributed by atoms with Crippen molar-refractivity contribution >= 4 is 15.8 Å². The molecule has 0 amide bonds. The van der Waals surface area contributed by atoms with E-state index in [-0.39, 0.29) is 23.5 Å². The smallest absolute Gasteiger partial charge is 0.363 e. The summed E-state index contributed by atoms with van der Waals surface area (Å²) >= 11 is 0. The van der Waals surface area contributed by atoms with Crippen LogP contribution < -0.4 is 4.72 Å². The minimum absolute atomic E-state index is 0.0638. The molecule has 116 valence electrons. The maximum atomic E-state index is 12.2. The number of hydrogen-bond donors (Lipinski definition) is 2. The molecule has 1 aliphatic rings. The average molecular weight is 315 g/mol. The third kappa shape index (κ3) is 3.74. The van der Waals surface area contributed by atoms with Crippen molar-refractivity contribution in [2.75, 3.05) is 6.61 Å². The zero-order chi connectivity index (χ0) is 15.5. The van der Waals surface area contributed by atoms with E-state index in [4.69, 9.17) is 0 Å². The van der Waals surface area contributed by atoms with Gasteiger partial charge in [-0.1, -0.05) is 12.8 Å². The van der Waals surface area contributed by atoms with Crippen LogP contribution in [0, 0.1) is 16.0 Å². The molecule has 1 aromatic rings. The summed E-state index contributed by atoms with van der Waals surface area (Å²) in [6.07, 6.45) is 4.30. The van der Waals surface area contributed by atoms with E-state index in [2.05, 4.69) is 9.71 Å². The largest absolute Gasteiger partial charge is 0.396 e. The second-order valence-electron chi connectivity index (χ2n) is 5.06. The van der Waals surface area contributed by atoms with Crippen LogP contribution in [0.4, 0.5) is 5.82 Å². The molecular formula is C12H17N3O5S. The number of sulfonamides is 1. The molecule has 1 fully saturated rings. The molecule has 0 aliphatic heterocycles. The molecule has 1 aromatic heterocycles. The lowest BCUT2D eigenvalue weighted by atomic mass is 9.86. The van der Waals surface area contributed by atoms with Crippen LogP contribution >= 0.6 is 0 Å². The van der Waals surface area contributed by atoms with Crippen LogP contribution in [0.3, 0.4) is 0 Å². The first-order valence-corrected chi connectivity index (χ1v) is 8.16. The molecular weight excluding hydrogens is 298 g/mol. The first-order valence-electron chi connectivity index (χ1n) is 6.67. The van der Waals surface area contributed by atoms with Gasteiger partial charge in [0, 0.05) is 18.7 Å². The minimum Gasteiger partial charge on any atom is -0.396 e. The fraction of sp³-hybridized carbons (Fsp3) is 0.583. The van der Waals surface area contributed by atoms with Crippen LogP contribution in [0.5, 0.6) is 0 Å². The summed E-state index contributed by atoms with van der Waals surface area (Å²) in [6.45, 7) is -0.0638. The number of aliphatic hydroxyl groups excluding tert-OH is 1. The van der Waals surface area contributed by atoms with Crippen molar-refractivity contribution in [1.82, 2.24) is 9.71 Å². The maximum Gasteiger partial charge on any atom is 0.363 e. The van der Waals surface area contributed by atoms with Crippen molar-refractivity contribution in [2.24, 2.45) is 5.92 Å². The third-order valence-corrected chi connectivity index (χ3v) is 5.14. The van der Waals surface area contributed by atoms with Crippen LogP contribution in [-0.2, 0) is 10.0 Å². The van der Waals surface area contributed by atoms with Crippen molar-refractivity contribution < 1.29 is 18.4 Å². The molecule has 9 heteroatoms. The zero-order valence-corrected chi connectivity index (χ0v) is 12.1. The highest BCUT2D eigenvalue weighted by atomic mass is 32.2. The highest BCUT2D eigenvalue weighted by Gasteiger charge is 2.29. The van der Waals surface area contributed by atoms with Gasteiger partial charge in [0.15, 0.2) is 6.20 Å². The van der Waals surface area contributed by atoms with Crippen molar-refractivity contribution in [1.29, 1.82) is 0 Å². The molecule has 0 aromatic carbocycles. The number of aliphatic hydroxyl groups is 1. The fourth-order valence-electron chi connectivity index (χ4n) is 2.49. The Morgan fingerprint density at radius 2 is 2.10 bits per heavy atom. The summed E-state index contributed by atoms with van der Waals surface area (Å²) in [5.41, 5.74) is 0. The van der Waals surface area contributed by atoms with Crippen LogP contribution in [0.15, 0.2) is 23.2 Å². The lowest BCUT2D eigenvalue weighted by molar-refractivity contribution is -0.389. The summed E-state index contributed by atoms with van der Waals surface area (Å²) in [4.78, 5) is 13.2. The van der Waals surface area contributed by atoms with Gasteiger partial charge in [-0.05, 0) is 34.7 Å². The number of pyridine rings is 1. The van der Waals surface area contributed by atoms with Crippen molar-refractivity contribution in [2.45, 2.75) is 36.6 Å². The van der Waals surface area contributed by atoms with Crippen LogP contribution in [0.1, 0.15) is 25.7 Å². The van der Waals surface area contributed by atoms with Crippen molar-refractivity contribution in [3.63, 3.8) is 0 Å². The van der Waals surface area contributed by atoms with E-state index in [1.54, 1.807) is 0 Å². The van der Waals surface area contributed by atoms with E-state index in [0.29, 0.717) is 6.42 Å². The zero-order valence-electron chi connectivity index (χ0n) is 11.3. The Hall–Kier alpha value is -1.58. The van der Waals surface area contributed by atoms with Gasteiger partial charge in [-0.2, -0.15) is 0 Å². The average Bonchev–Trinajstić information content (AvgIpc) is 2.47. The normalized spacial score (nSPS) is 22.9. The van der Waals surface area contributed by atoms with Gasteiger partial charge in [0.05, 0.1) is 0 Å². The van der Waals surface area contributed by atoms with E-state index in [9.17, 15) is 23.6 Å². The highest BCUT2D eigenvalue weighted by Crippen LogP contribution is 2.25. The molecule has 0 bridgehead atoms. The third-order valence-electron chi connectivity index (χ3n) is 3.67. The number of nitrogens with one attached hydrogen (secondary N) is 1. The molecule has 2 atom stereocenters. The molecule has 1 heterocycles. The molecule has 2 rings (SSSR count). The molecule has 0 saturated heterocycles. The standard InChI is InChI=1S/C12H17N3O5S/c16-8-9-3-1-2-4-11(9)14-21(19,20)10-5-6-12(13-7-10)15(17)18/h5-7,9,11,14,16H,1-4,8H2. The second-order valence-corrected chi connectivity index (χ2v) is 6.78. The maximum absolute atomic E-state index is 12.2. The van der Waals surface area contributed by atoms with E-state index < -0.39 is 20.8 Å². The molecule has 0 radical (unpaired) electrons. The molecule has 2 N–H and O–H groups in total. The first-order chi connectivity index (χ1) is 9.94. The summed E-state index contributed by atoms with van der Waals surface area (Å²) < 4.78 is 27.0. The topological polar surface area (TPSA) is 122 Å². The highest BCUT2D eigenvalue weighted by molar-refractivity contribution is 7.89. The van der Waals surface area contributed by atoms with Gasteiger partial charge in [0.25, 0.3) is 0 Å². The number of rotatable bonds is 5. The number of nitro groups is 1. The van der Waals surface area contributed by atoms with Gasteiger partial charge in [-0.25, -0.2) is 13.1 Å². The predicted molar refractivity (Wildman–Crippen MR) is 74.0 cm³/mol. The lowest BCUT2D eigenvalue weighted by Gasteiger charge is -2.30. The second kappa shape index (κ2) is 6.46. The molecule has 2 unspecified atom stereocenters. The Morgan fingerprint density at radius 3 is 2.67 bits per heavy atom. The van der Waals surface area contributed by atoms with Crippen LogP contribution in [-0.4, -0.2) is 36.1 Å². The van der Waals surface area contributed by atoms with Gasteiger partial charge in [0.2, 0.25) is 10.0 Å². The van der Waals surface area contributed by atoms with Crippen LogP contribution in [0.2, 0.25) is 0 Å². The molecule has 21 heavy (non-hydrogen) atoms. The van der Waals surface area contributed by atoms with Gasteiger partial charge in [-0.15, -0.1) is 0 Å². The van der Waals surface area contributed by atoms with E-state index in [0.717, 1.165) is 37.6 Å². The minimum atomic E-state index is -3.79. The summed E-state index contributed by atoms with van der Waals surface area (Å²) in [7, 11) is -3.79. The summed E-state index contributed by atoms with van der Waals surface area (Å²) in [5.74, 6) is -0.501. The Bertz CT molecular complexity index is 602. The molecule has 1 aliphatic carbocycles. The Labute approximate surface area is 122 Å². The Kier molecular flexibility index (Phi) is 4.86. The Balaban J connectivity index is 2.15. The predicted octanol–water partition coefficient (Wildman–Crippen LogP) is 0.819. The number of aromatic nitrogens is 1. The number of nitrogens with zero attached hydrogens (tertiary/aromatic N) is 2. The monoisotopic (exact) mass is 315 g/mol. The van der Waals surface area contributed by atoms with Crippen molar-refractivity contribution in [3.8, 4) is 0 Å². The van der Waals surface area contributed by atoms with Gasteiger partial charge in [-0.3, -0.25) is 0 Å².